The number of rotatable bonds is 4. The summed E-state index contributed by atoms with van der Waals surface area (Å²) >= 11 is 0. The van der Waals surface area contributed by atoms with E-state index in [4.69, 9.17) is 9.84 Å². The van der Waals surface area contributed by atoms with Gasteiger partial charge in [-0.1, -0.05) is 32.9 Å². The highest BCUT2D eigenvalue weighted by molar-refractivity contribution is 6.34. The van der Waals surface area contributed by atoms with Gasteiger partial charge in [-0.15, -0.1) is 0 Å². The summed E-state index contributed by atoms with van der Waals surface area (Å²) in [6.07, 6.45) is 0. The Labute approximate surface area is 179 Å². The average molecular weight is 415 g/mol. The predicted octanol–water partition coefficient (Wildman–Crippen LogP) is 5.28. The van der Waals surface area contributed by atoms with Crippen molar-refractivity contribution in [2.24, 2.45) is 0 Å². The van der Waals surface area contributed by atoms with E-state index in [1.54, 1.807) is 24.3 Å². The number of carbonyl (C=O) groups is 3. The predicted molar refractivity (Wildman–Crippen MR) is 116 cm³/mol. The molecule has 0 unspecified atom stereocenters. The molecule has 3 aromatic carbocycles. The standard InChI is InChI=1S/C25H21NO5/c1-25(2,3)16-5-9-18(10-6-16)31-19-11-7-17(8-12-19)26-22(27)20-13-4-15(24(29)30)14-21(20)23(26)28/h4-14H,1-3H3,(H,29,30). The lowest BCUT2D eigenvalue weighted by Gasteiger charge is -2.19. The highest BCUT2D eigenvalue weighted by Gasteiger charge is 2.37. The Hall–Kier alpha value is -3.93. The second kappa shape index (κ2) is 7.40. The minimum absolute atomic E-state index is 0.0389. The van der Waals surface area contributed by atoms with Gasteiger partial charge in [-0.2, -0.15) is 0 Å². The quantitative estimate of drug-likeness (QED) is 0.587. The smallest absolute Gasteiger partial charge is 0.335 e. The van der Waals surface area contributed by atoms with Gasteiger partial charge in [0.25, 0.3) is 11.8 Å². The lowest BCUT2D eigenvalue weighted by Crippen LogP contribution is -2.29. The fraction of sp³-hybridized carbons (Fsp3) is 0.160. The SMILES string of the molecule is CC(C)(C)c1ccc(Oc2ccc(N3C(=O)c4ccc(C(=O)O)cc4C3=O)cc2)cc1. The van der Waals surface area contributed by atoms with Gasteiger partial charge in [0.1, 0.15) is 11.5 Å². The van der Waals surface area contributed by atoms with Crippen LogP contribution in [-0.2, 0) is 5.41 Å². The van der Waals surface area contributed by atoms with Gasteiger partial charge in [-0.05, 0) is 65.6 Å². The van der Waals surface area contributed by atoms with Crippen molar-refractivity contribution >= 4 is 23.5 Å². The Bertz CT molecular complexity index is 1190. The van der Waals surface area contributed by atoms with Crippen LogP contribution in [0.1, 0.15) is 57.4 Å². The van der Waals surface area contributed by atoms with Crippen LogP contribution in [0.2, 0.25) is 0 Å². The van der Waals surface area contributed by atoms with Crippen LogP contribution < -0.4 is 9.64 Å². The van der Waals surface area contributed by atoms with Crippen molar-refractivity contribution in [3.63, 3.8) is 0 Å². The summed E-state index contributed by atoms with van der Waals surface area (Å²) in [5, 5.41) is 9.13. The number of hydrogen-bond acceptors (Lipinski definition) is 4. The van der Waals surface area contributed by atoms with Crippen LogP contribution in [0.4, 0.5) is 5.69 Å². The number of hydrogen-bond donors (Lipinski definition) is 1. The van der Waals surface area contributed by atoms with E-state index in [0.29, 0.717) is 17.2 Å². The minimum atomic E-state index is -1.15. The van der Waals surface area contributed by atoms with E-state index in [2.05, 4.69) is 20.8 Å². The summed E-state index contributed by atoms with van der Waals surface area (Å²) in [6.45, 7) is 6.43. The maximum Gasteiger partial charge on any atom is 0.335 e. The van der Waals surface area contributed by atoms with Gasteiger partial charge in [0.2, 0.25) is 0 Å². The number of carboxylic acid groups (broad SMARTS) is 1. The number of nitrogens with zero attached hydrogens (tertiary/aromatic N) is 1. The zero-order valence-corrected chi connectivity index (χ0v) is 17.4. The maximum absolute atomic E-state index is 12.8. The summed E-state index contributed by atoms with van der Waals surface area (Å²) in [4.78, 5) is 37.7. The van der Waals surface area contributed by atoms with E-state index in [1.807, 2.05) is 24.3 Å². The number of carboxylic acids is 1. The Balaban J connectivity index is 1.54. The second-order valence-corrected chi connectivity index (χ2v) is 8.38. The summed E-state index contributed by atoms with van der Waals surface area (Å²) < 4.78 is 5.87. The summed E-state index contributed by atoms with van der Waals surface area (Å²) in [7, 11) is 0. The molecular formula is C25H21NO5. The van der Waals surface area contributed by atoms with Gasteiger partial charge in [0.05, 0.1) is 22.4 Å². The second-order valence-electron chi connectivity index (χ2n) is 8.38. The number of benzene rings is 3. The molecule has 0 atom stereocenters. The molecule has 0 bridgehead atoms. The zero-order valence-electron chi connectivity index (χ0n) is 17.4. The van der Waals surface area contributed by atoms with Crippen LogP contribution in [0.5, 0.6) is 11.5 Å². The topological polar surface area (TPSA) is 83.9 Å². The van der Waals surface area contributed by atoms with Gasteiger partial charge >= 0.3 is 5.97 Å². The highest BCUT2D eigenvalue weighted by Crippen LogP contribution is 2.32. The summed E-state index contributed by atoms with van der Waals surface area (Å²) in [5.41, 5.74) is 1.88. The van der Waals surface area contributed by atoms with E-state index in [9.17, 15) is 14.4 Å². The molecule has 0 saturated carbocycles. The van der Waals surface area contributed by atoms with Gasteiger partial charge in [0.15, 0.2) is 0 Å². The summed E-state index contributed by atoms with van der Waals surface area (Å²) in [5.74, 6) is -0.934. The first-order valence-corrected chi connectivity index (χ1v) is 9.80. The first kappa shape index (κ1) is 20.3. The molecule has 1 aliphatic heterocycles. The molecule has 1 N–H and O–H groups in total. The molecule has 31 heavy (non-hydrogen) atoms. The highest BCUT2D eigenvalue weighted by atomic mass is 16.5. The number of carbonyl (C=O) groups excluding carboxylic acids is 2. The van der Waals surface area contributed by atoms with Crippen molar-refractivity contribution in [1.82, 2.24) is 0 Å². The van der Waals surface area contributed by atoms with E-state index in [1.165, 1.54) is 23.8 Å². The van der Waals surface area contributed by atoms with Crippen molar-refractivity contribution in [1.29, 1.82) is 0 Å². The Morgan fingerprint density at radius 3 is 1.90 bits per heavy atom. The van der Waals surface area contributed by atoms with Gasteiger partial charge in [0, 0.05) is 0 Å². The van der Waals surface area contributed by atoms with Crippen LogP contribution in [0, 0.1) is 0 Å². The lowest BCUT2D eigenvalue weighted by atomic mass is 9.87. The van der Waals surface area contributed by atoms with E-state index in [-0.39, 0.29) is 22.1 Å². The third-order valence-electron chi connectivity index (χ3n) is 5.18. The molecule has 0 aliphatic carbocycles. The van der Waals surface area contributed by atoms with Crippen LogP contribution in [0.15, 0.2) is 66.7 Å². The maximum atomic E-state index is 12.8. The van der Waals surface area contributed by atoms with Gasteiger partial charge in [-0.25, -0.2) is 9.69 Å². The molecule has 0 aromatic heterocycles. The zero-order chi connectivity index (χ0) is 22.3. The number of anilines is 1. The third kappa shape index (κ3) is 3.80. The fourth-order valence-corrected chi connectivity index (χ4v) is 3.43. The van der Waals surface area contributed by atoms with Crippen molar-refractivity contribution in [3.05, 3.63) is 89.0 Å². The molecule has 3 aromatic rings. The molecule has 2 amide bonds. The summed E-state index contributed by atoms with van der Waals surface area (Å²) in [6, 6.07) is 18.4. The van der Waals surface area contributed by atoms with Crippen LogP contribution in [0.25, 0.3) is 0 Å². The molecule has 0 saturated heterocycles. The van der Waals surface area contributed by atoms with Gasteiger partial charge in [-0.3, -0.25) is 9.59 Å². The average Bonchev–Trinajstić information content (AvgIpc) is 2.98. The molecule has 0 spiro atoms. The first-order valence-electron chi connectivity index (χ1n) is 9.80. The Morgan fingerprint density at radius 1 is 0.806 bits per heavy atom. The molecule has 0 fully saturated rings. The molecule has 156 valence electrons. The fourth-order valence-electron chi connectivity index (χ4n) is 3.43. The van der Waals surface area contributed by atoms with Crippen molar-refractivity contribution in [2.45, 2.75) is 26.2 Å². The Morgan fingerprint density at radius 2 is 1.35 bits per heavy atom. The largest absolute Gasteiger partial charge is 0.478 e. The Kier molecular flexibility index (Phi) is 4.85. The monoisotopic (exact) mass is 415 g/mol. The van der Waals surface area contributed by atoms with Gasteiger partial charge < -0.3 is 9.84 Å². The number of amides is 2. The first-order chi connectivity index (χ1) is 14.6. The number of aromatic carboxylic acids is 1. The molecule has 1 heterocycles. The molecule has 4 rings (SSSR count). The number of imide groups is 1. The molecule has 1 aliphatic rings. The lowest BCUT2D eigenvalue weighted by molar-refractivity contribution is 0.0696. The van der Waals surface area contributed by atoms with E-state index in [0.717, 1.165) is 4.90 Å². The molecule has 0 radical (unpaired) electrons. The van der Waals surface area contributed by atoms with Crippen molar-refractivity contribution < 1.29 is 24.2 Å². The normalized spacial score (nSPS) is 13.3. The van der Waals surface area contributed by atoms with E-state index >= 15 is 0 Å². The molecule has 6 nitrogen and oxygen atoms in total. The van der Waals surface area contributed by atoms with Crippen molar-refractivity contribution in [3.8, 4) is 11.5 Å². The minimum Gasteiger partial charge on any atom is -0.478 e. The molecular weight excluding hydrogens is 394 g/mol. The van der Waals surface area contributed by atoms with Crippen LogP contribution >= 0.6 is 0 Å². The van der Waals surface area contributed by atoms with Crippen LogP contribution in [0.3, 0.4) is 0 Å². The number of ether oxygens (including phenoxy) is 1. The van der Waals surface area contributed by atoms with Crippen molar-refractivity contribution in [2.75, 3.05) is 4.90 Å². The molecule has 6 heteroatoms. The third-order valence-corrected chi connectivity index (χ3v) is 5.18. The number of fused-ring (bicyclic) bond motifs is 1. The van der Waals surface area contributed by atoms with Crippen LogP contribution in [-0.4, -0.2) is 22.9 Å². The van der Waals surface area contributed by atoms with E-state index < -0.39 is 17.8 Å².